The van der Waals surface area contributed by atoms with E-state index in [-0.39, 0.29) is 5.91 Å². The lowest BCUT2D eigenvalue weighted by molar-refractivity contribution is -0.0766. The minimum atomic E-state index is -1.46. The van der Waals surface area contributed by atoms with E-state index in [0.717, 1.165) is 11.3 Å². The zero-order valence-electron chi connectivity index (χ0n) is 13.2. The molecule has 1 aliphatic heterocycles. The van der Waals surface area contributed by atoms with Crippen LogP contribution in [-0.2, 0) is 5.72 Å². The Balaban J connectivity index is 2.01. The van der Waals surface area contributed by atoms with Gasteiger partial charge in [0.25, 0.3) is 5.91 Å². The summed E-state index contributed by atoms with van der Waals surface area (Å²) < 4.78 is 0. The van der Waals surface area contributed by atoms with E-state index in [1.54, 1.807) is 36.7 Å². The number of hydrogen-bond donors (Lipinski definition) is 1. The molecule has 2 heterocycles. The normalized spacial score (nSPS) is 20.5. The molecule has 0 saturated heterocycles. The highest BCUT2D eigenvalue weighted by atomic mass is 16.3. The molecular formula is C18H19N3O2. The smallest absolute Gasteiger partial charge is 0.276 e. The molecule has 0 spiro atoms. The van der Waals surface area contributed by atoms with Crippen LogP contribution in [-0.4, -0.2) is 26.7 Å². The fourth-order valence-electron chi connectivity index (χ4n) is 2.69. The molecule has 1 aromatic heterocycles. The van der Waals surface area contributed by atoms with Gasteiger partial charge in [0.2, 0.25) is 0 Å². The summed E-state index contributed by atoms with van der Waals surface area (Å²) in [5.41, 5.74) is 1.52. The van der Waals surface area contributed by atoms with Crippen molar-refractivity contribution < 1.29 is 9.90 Å². The van der Waals surface area contributed by atoms with E-state index in [1.807, 2.05) is 26.0 Å². The third-order valence-electron chi connectivity index (χ3n) is 4.08. The van der Waals surface area contributed by atoms with Crippen LogP contribution >= 0.6 is 0 Å². The zero-order chi connectivity index (χ0) is 16.4. The van der Waals surface area contributed by atoms with Crippen molar-refractivity contribution in [2.24, 2.45) is 5.10 Å². The monoisotopic (exact) mass is 309 g/mol. The van der Waals surface area contributed by atoms with Crippen LogP contribution in [0.25, 0.3) is 0 Å². The zero-order valence-corrected chi connectivity index (χ0v) is 13.2. The molecule has 0 aliphatic carbocycles. The van der Waals surface area contributed by atoms with E-state index in [9.17, 15) is 9.90 Å². The first kappa shape index (κ1) is 15.4. The number of carbonyl (C=O) groups excluding carboxylic acids is 1. The largest absolute Gasteiger partial charge is 0.365 e. The first-order chi connectivity index (χ1) is 11.0. The maximum absolute atomic E-state index is 12.9. The Bertz CT molecular complexity index is 741. The standard InChI is InChI=1S/C18H19N3O2/c1-3-16-12-18(23,15-8-10-19-11-9-15)21(20-16)17(22)14-6-4-13(2)5-7-14/h4-11,23H,3,12H2,1-2H3/t18-/m1/s1. The topological polar surface area (TPSA) is 65.8 Å². The molecule has 0 bridgehead atoms. The van der Waals surface area contributed by atoms with Crippen LogP contribution in [0.1, 0.15) is 41.3 Å². The fraction of sp³-hybridized carbons (Fsp3) is 0.278. The van der Waals surface area contributed by atoms with Crippen LogP contribution in [0, 0.1) is 6.92 Å². The number of aliphatic hydroxyl groups is 1. The molecule has 1 aliphatic rings. The Morgan fingerprint density at radius 2 is 1.87 bits per heavy atom. The summed E-state index contributed by atoms with van der Waals surface area (Å²) in [6, 6.07) is 10.7. The molecular weight excluding hydrogens is 290 g/mol. The molecule has 2 aromatic rings. The summed E-state index contributed by atoms with van der Waals surface area (Å²) in [7, 11) is 0. The Morgan fingerprint density at radius 3 is 2.48 bits per heavy atom. The molecule has 1 N–H and O–H groups in total. The third kappa shape index (κ3) is 2.75. The van der Waals surface area contributed by atoms with Gasteiger partial charge in [-0.1, -0.05) is 24.6 Å². The second kappa shape index (κ2) is 5.93. The number of amides is 1. The van der Waals surface area contributed by atoms with Crippen molar-refractivity contribution >= 4 is 11.6 Å². The summed E-state index contributed by atoms with van der Waals surface area (Å²) in [6.45, 7) is 3.93. The second-order valence-electron chi connectivity index (χ2n) is 5.73. The van der Waals surface area contributed by atoms with Gasteiger partial charge in [-0.25, -0.2) is 0 Å². The van der Waals surface area contributed by atoms with Gasteiger partial charge in [-0.15, -0.1) is 0 Å². The molecule has 0 unspecified atom stereocenters. The van der Waals surface area contributed by atoms with Gasteiger partial charge >= 0.3 is 0 Å². The molecule has 3 rings (SSSR count). The molecule has 1 aromatic carbocycles. The first-order valence-electron chi connectivity index (χ1n) is 7.65. The molecule has 118 valence electrons. The van der Waals surface area contributed by atoms with Gasteiger partial charge in [-0.05, 0) is 37.6 Å². The van der Waals surface area contributed by atoms with Gasteiger partial charge in [-0.2, -0.15) is 10.1 Å². The molecule has 0 saturated carbocycles. The summed E-state index contributed by atoms with van der Waals surface area (Å²) in [6.07, 6.45) is 4.20. The van der Waals surface area contributed by atoms with E-state index < -0.39 is 5.72 Å². The number of carbonyl (C=O) groups is 1. The maximum Gasteiger partial charge on any atom is 0.276 e. The summed E-state index contributed by atoms with van der Waals surface area (Å²) in [5, 5.41) is 16.7. The van der Waals surface area contributed by atoms with Gasteiger partial charge in [0.05, 0.1) is 0 Å². The Morgan fingerprint density at radius 1 is 1.22 bits per heavy atom. The van der Waals surface area contributed by atoms with Crippen molar-refractivity contribution in [1.82, 2.24) is 9.99 Å². The summed E-state index contributed by atoms with van der Waals surface area (Å²) >= 11 is 0. The molecule has 1 amide bonds. The number of aromatic nitrogens is 1. The molecule has 23 heavy (non-hydrogen) atoms. The average Bonchev–Trinajstić information content (AvgIpc) is 2.94. The van der Waals surface area contributed by atoms with E-state index in [4.69, 9.17) is 0 Å². The SMILES string of the molecule is CCC1=NN(C(=O)c2ccc(C)cc2)[C@](O)(c2ccncc2)C1. The van der Waals surface area contributed by atoms with Gasteiger partial charge in [0, 0.05) is 35.7 Å². The lowest BCUT2D eigenvalue weighted by atomic mass is 9.97. The van der Waals surface area contributed by atoms with Crippen molar-refractivity contribution in [2.45, 2.75) is 32.4 Å². The predicted octanol–water partition coefficient (Wildman–Crippen LogP) is 2.85. The highest BCUT2D eigenvalue weighted by Crippen LogP contribution is 2.36. The summed E-state index contributed by atoms with van der Waals surface area (Å²) in [5.74, 6) is -0.312. The lowest BCUT2D eigenvalue weighted by Crippen LogP contribution is -2.43. The van der Waals surface area contributed by atoms with Crippen molar-refractivity contribution in [1.29, 1.82) is 0 Å². The van der Waals surface area contributed by atoms with E-state index in [2.05, 4.69) is 10.1 Å². The average molecular weight is 309 g/mol. The predicted molar refractivity (Wildman–Crippen MR) is 87.8 cm³/mol. The number of benzene rings is 1. The second-order valence-corrected chi connectivity index (χ2v) is 5.73. The van der Waals surface area contributed by atoms with Crippen LogP contribution in [0.5, 0.6) is 0 Å². The van der Waals surface area contributed by atoms with Crippen LogP contribution < -0.4 is 0 Å². The summed E-state index contributed by atoms with van der Waals surface area (Å²) in [4.78, 5) is 16.8. The number of pyridine rings is 1. The van der Waals surface area contributed by atoms with Crippen LogP contribution in [0.3, 0.4) is 0 Å². The van der Waals surface area contributed by atoms with Gasteiger partial charge in [0.1, 0.15) is 0 Å². The molecule has 5 heteroatoms. The van der Waals surface area contributed by atoms with Crippen LogP contribution in [0.15, 0.2) is 53.9 Å². The minimum Gasteiger partial charge on any atom is -0.365 e. The van der Waals surface area contributed by atoms with Crippen molar-refractivity contribution in [3.05, 3.63) is 65.5 Å². The number of rotatable bonds is 3. The van der Waals surface area contributed by atoms with Crippen LogP contribution in [0.4, 0.5) is 0 Å². The van der Waals surface area contributed by atoms with Crippen molar-refractivity contribution in [3.8, 4) is 0 Å². The quantitative estimate of drug-likeness (QED) is 0.948. The molecule has 5 nitrogen and oxygen atoms in total. The fourth-order valence-corrected chi connectivity index (χ4v) is 2.69. The Labute approximate surface area is 135 Å². The number of nitrogens with zero attached hydrogens (tertiary/aromatic N) is 3. The van der Waals surface area contributed by atoms with Crippen LogP contribution in [0.2, 0.25) is 0 Å². The van der Waals surface area contributed by atoms with Gasteiger partial charge in [-0.3, -0.25) is 9.78 Å². The van der Waals surface area contributed by atoms with Gasteiger partial charge in [0.15, 0.2) is 5.72 Å². The molecule has 0 radical (unpaired) electrons. The third-order valence-corrected chi connectivity index (χ3v) is 4.08. The minimum absolute atomic E-state index is 0.311. The lowest BCUT2D eigenvalue weighted by Gasteiger charge is -2.31. The Kier molecular flexibility index (Phi) is 3.96. The Hall–Kier alpha value is -2.53. The number of hydrazone groups is 1. The van der Waals surface area contributed by atoms with Gasteiger partial charge < -0.3 is 5.11 Å². The maximum atomic E-state index is 12.9. The first-order valence-corrected chi connectivity index (χ1v) is 7.65. The van der Waals surface area contributed by atoms with Crippen molar-refractivity contribution in [2.75, 3.05) is 0 Å². The number of hydrogen-bond acceptors (Lipinski definition) is 4. The molecule has 0 fully saturated rings. The van der Waals surface area contributed by atoms with E-state index in [1.165, 1.54) is 5.01 Å². The van der Waals surface area contributed by atoms with Crippen molar-refractivity contribution in [3.63, 3.8) is 0 Å². The van der Waals surface area contributed by atoms with E-state index >= 15 is 0 Å². The number of aryl methyl sites for hydroxylation is 1. The van der Waals surface area contributed by atoms with E-state index in [0.29, 0.717) is 24.0 Å². The highest BCUT2D eigenvalue weighted by molar-refractivity contribution is 5.98. The molecule has 1 atom stereocenters. The highest BCUT2D eigenvalue weighted by Gasteiger charge is 2.45.